The number of amides is 1. The van der Waals surface area contributed by atoms with E-state index in [2.05, 4.69) is 10.4 Å². The third kappa shape index (κ3) is 3.55. The van der Waals surface area contributed by atoms with Crippen molar-refractivity contribution in [2.75, 3.05) is 0 Å². The van der Waals surface area contributed by atoms with Crippen LogP contribution >= 0.6 is 0 Å². The van der Waals surface area contributed by atoms with Gasteiger partial charge in [-0.2, -0.15) is 18.3 Å². The smallest absolute Gasteiger partial charge is 0.390 e. The maximum Gasteiger partial charge on any atom is 0.433 e. The monoisotopic (exact) mass is 425 g/mol. The fourth-order valence-electron chi connectivity index (χ4n) is 6.96. The van der Waals surface area contributed by atoms with Gasteiger partial charge in [-0.05, 0) is 69.1 Å². The van der Waals surface area contributed by atoms with Gasteiger partial charge in [-0.1, -0.05) is 19.3 Å². The number of fused-ring (bicyclic) bond motifs is 2. The molecule has 3 bridgehead atoms. The number of aliphatic hydroxyl groups is 1. The molecule has 3 unspecified atom stereocenters. The molecule has 2 N–H and O–H groups in total. The molecule has 0 spiro atoms. The van der Waals surface area contributed by atoms with Gasteiger partial charge >= 0.3 is 6.18 Å². The zero-order valence-corrected chi connectivity index (χ0v) is 17.1. The number of hydrogen-bond donors (Lipinski definition) is 2. The van der Waals surface area contributed by atoms with E-state index in [1.807, 2.05) is 0 Å². The fraction of sp³-hybridized carbons (Fsp3) is 0.818. The molecule has 1 aromatic heterocycles. The first-order chi connectivity index (χ1) is 14.2. The van der Waals surface area contributed by atoms with Gasteiger partial charge in [-0.25, -0.2) is 0 Å². The van der Waals surface area contributed by atoms with Crippen LogP contribution in [0.5, 0.6) is 0 Å². The van der Waals surface area contributed by atoms with Gasteiger partial charge in [0, 0.05) is 6.04 Å². The molecule has 4 saturated carbocycles. The summed E-state index contributed by atoms with van der Waals surface area (Å²) in [6.45, 7) is 0. The summed E-state index contributed by atoms with van der Waals surface area (Å²) >= 11 is 0. The second-order valence-electron chi connectivity index (χ2n) is 10.2. The molecule has 4 aliphatic rings. The first-order valence-electron chi connectivity index (χ1n) is 11.4. The second kappa shape index (κ2) is 7.24. The Labute approximate surface area is 174 Å². The summed E-state index contributed by atoms with van der Waals surface area (Å²) in [5.74, 6) is 0.283. The molecule has 0 aromatic carbocycles. The third-order valence-electron chi connectivity index (χ3n) is 8.12. The molecule has 5 nitrogen and oxygen atoms in total. The van der Waals surface area contributed by atoms with Gasteiger partial charge in [0.05, 0.1) is 23.4 Å². The summed E-state index contributed by atoms with van der Waals surface area (Å²) in [7, 11) is 0. The van der Waals surface area contributed by atoms with Crippen LogP contribution in [0.25, 0.3) is 0 Å². The molecule has 5 atom stereocenters. The Morgan fingerprint density at radius 1 is 1.13 bits per heavy atom. The van der Waals surface area contributed by atoms with E-state index in [0.717, 1.165) is 62.2 Å². The van der Waals surface area contributed by atoms with Gasteiger partial charge in [0.25, 0.3) is 5.91 Å². The molecule has 166 valence electrons. The lowest BCUT2D eigenvalue weighted by atomic mass is 9.77. The van der Waals surface area contributed by atoms with E-state index in [0.29, 0.717) is 31.1 Å². The number of rotatable bonds is 3. The van der Waals surface area contributed by atoms with Crippen molar-refractivity contribution in [3.8, 4) is 0 Å². The Bertz CT molecular complexity index is 817. The van der Waals surface area contributed by atoms with E-state index < -0.39 is 23.4 Å². The number of nitrogens with one attached hydrogen (secondary N) is 1. The minimum Gasteiger partial charge on any atom is -0.390 e. The number of carbonyl (C=O) groups is 1. The topological polar surface area (TPSA) is 67.2 Å². The molecule has 4 fully saturated rings. The Hall–Kier alpha value is -1.57. The summed E-state index contributed by atoms with van der Waals surface area (Å²) in [6.07, 6.45) is 5.58. The van der Waals surface area contributed by atoms with Crippen LogP contribution in [0.4, 0.5) is 13.2 Å². The Balaban J connectivity index is 1.39. The molecule has 1 aromatic rings. The predicted octanol–water partition coefficient (Wildman–Crippen LogP) is 4.47. The predicted molar refractivity (Wildman–Crippen MR) is 104 cm³/mol. The number of aromatic nitrogens is 2. The molecule has 1 amide bonds. The van der Waals surface area contributed by atoms with E-state index in [-0.39, 0.29) is 23.6 Å². The Morgan fingerprint density at radius 2 is 1.90 bits per heavy atom. The van der Waals surface area contributed by atoms with Gasteiger partial charge in [0.1, 0.15) is 0 Å². The molecular formula is C22H30F3N3O2. The van der Waals surface area contributed by atoms with Crippen molar-refractivity contribution in [3.05, 3.63) is 17.5 Å². The summed E-state index contributed by atoms with van der Waals surface area (Å²) in [4.78, 5) is 13.0. The number of halogens is 3. The van der Waals surface area contributed by atoms with Crippen molar-refractivity contribution in [2.24, 2.45) is 17.8 Å². The number of alkyl halides is 3. The van der Waals surface area contributed by atoms with Crippen LogP contribution in [-0.2, 0) is 6.18 Å². The van der Waals surface area contributed by atoms with Crippen molar-refractivity contribution < 1.29 is 23.1 Å². The average Bonchev–Trinajstić information content (AvgIpc) is 3.21. The van der Waals surface area contributed by atoms with Crippen LogP contribution in [-0.4, -0.2) is 32.4 Å². The van der Waals surface area contributed by atoms with Gasteiger partial charge in [0.2, 0.25) is 0 Å². The number of hydrogen-bond acceptors (Lipinski definition) is 3. The molecule has 0 radical (unpaired) electrons. The third-order valence-corrected chi connectivity index (χ3v) is 8.12. The highest BCUT2D eigenvalue weighted by Gasteiger charge is 2.54. The summed E-state index contributed by atoms with van der Waals surface area (Å²) in [5, 5.41) is 17.8. The van der Waals surface area contributed by atoms with Crippen LogP contribution < -0.4 is 5.32 Å². The van der Waals surface area contributed by atoms with E-state index >= 15 is 0 Å². The SMILES string of the molecule is O=C(N[C@H]1CCC2CC3C[C@@](O)(C2)CC31)c1cnn(C2CCCCC2)c1C(F)(F)F. The summed E-state index contributed by atoms with van der Waals surface area (Å²) < 4.78 is 42.9. The van der Waals surface area contributed by atoms with Crippen molar-refractivity contribution in [1.29, 1.82) is 0 Å². The highest BCUT2D eigenvalue weighted by molar-refractivity contribution is 5.95. The van der Waals surface area contributed by atoms with Crippen LogP contribution in [0.1, 0.15) is 92.7 Å². The molecular weight excluding hydrogens is 395 g/mol. The van der Waals surface area contributed by atoms with Crippen molar-refractivity contribution in [2.45, 2.75) is 94.5 Å². The second-order valence-corrected chi connectivity index (χ2v) is 10.2. The number of carbonyl (C=O) groups excluding carboxylic acids is 1. The quantitative estimate of drug-likeness (QED) is 0.751. The first kappa shape index (κ1) is 20.3. The van der Waals surface area contributed by atoms with E-state index in [1.54, 1.807) is 0 Å². The van der Waals surface area contributed by atoms with Gasteiger partial charge in [0.15, 0.2) is 5.69 Å². The first-order valence-corrected chi connectivity index (χ1v) is 11.4. The standard InChI is InChI=1S/C22H30F3N3O2/c23-22(24,25)19-17(12-26-28(19)15-4-2-1-3-5-15)20(29)27-18-7-6-13-8-14-10-21(30,9-13)11-16(14)18/h12-16,18,30H,1-11H2,(H,27,29)/t13?,14?,16?,18-,21-/m0/s1. The zero-order valence-electron chi connectivity index (χ0n) is 17.1. The highest BCUT2D eigenvalue weighted by atomic mass is 19.4. The normalized spacial score (nSPS) is 36.7. The Morgan fingerprint density at radius 3 is 2.63 bits per heavy atom. The largest absolute Gasteiger partial charge is 0.433 e. The van der Waals surface area contributed by atoms with Gasteiger partial charge < -0.3 is 10.4 Å². The van der Waals surface area contributed by atoms with Crippen LogP contribution in [0.3, 0.4) is 0 Å². The van der Waals surface area contributed by atoms with Gasteiger partial charge in [-0.15, -0.1) is 0 Å². The average molecular weight is 425 g/mol. The van der Waals surface area contributed by atoms with E-state index in [4.69, 9.17) is 0 Å². The van der Waals surface area contributed by atoms with Crippen LogP contribution in [0.2, 0.25) is 0 Å². The minimum absolute atomic E-state index is 0.147. The fourth-order valence-corrected chi connectivity index (χ4v) is 6.96. The zero-order chi connectivity index (χ0) is 21.1. The lowest BCUT2D eigenvalue weighted by molar-refractivity contribution is -0.145. The lowest BCUT2D eigenvalue weighted by Gasteiger charge is -2.33. The lowest BCUT2D eigenvalue weighted by Crippen LogP contribution is -2.42. The van der Waals surface area contributed by atoms with E-state index in [9.17, 15) is 23.1 Å². The molecule has 4 aliphatic carbocycles. The molecule has 1 heterocycles. The molecule has 0 saturated heterocycles. The van der Waals surface area contributed by atoms with Crippen LogP contribution in [0, 0.1) is 17.8 Å². The van der Waals surface area contributed by atoms with Gasteiger partial charge in [-0.3, -0.25) is 9.48 Å². The Kier molecular flexibility index (Phi) is 4.91. The van der Waals surface area contributed by atoms with Crippen molar-refractivity contribution in [3.63, 3.8) is 0 Å². The summed E-state index contributed by atoms with van der Waals surface area (Å²) in [5.41, 5.74) is -1.93. The van der Waals surface area contributed by atoms with Crippen molar-refractivity contribution >= 4 is 5.91 Å². The molecule has 0 aliphatic heterocycles. The minimum atomic E-state index is -4.63. The maximum absolute atomic E-state index is 13.9. The number of nitrogens with zero attached hydrogens (tertiary/aromatic N) is 2. The van der Waals surface area contributed by atoms with E-state index in [1.165, 1.54) is 0 Å². The molecule has 5 rings (SSSR count). The highest BCUT2D eigenvalue weighted by Crippen LogP contribution is 2.55. The van der Waals surface area contributed by atoms with Crippen molar-refractivity contribution in [1.82, 2.24) is 15.1 Å². The summed E-state index contributed by atoms with van der Waals surface area (Å²) in [6, 6.07) is -0.476. The van der Waals surface area contributed by atoms with Crippen LogP contribution in [0.15, 0.2) is 6.20 Å². The molecule has 30 heavy (non-hydrogen) atoms. The maximum atomic E-state index is 13.9. The molecule has 8 heteroatoms.